The third-order valence-corrected chi connectivity index (χ3v) is 6.78. The molecule has 7 heteroatoms. The molecule has 0 radical (unpaired) electrons. The second kappa shape index (κ2) is 8.88. The molecular formula is C19H24Cl2NO3P. The molecule has 0 heterocycles. The monoisotopic (exact) mass is 415 g/mol. The molecule has 0 aromatic heterocycles. The fraction of sp³-hybridized carbons (Fsp3) is 0.368. The molecule has 2 aromatic rings. The van der Waals surface area contributed by atoms with Crippen molar-refractivity contribution < 1.29 is 14.6 Å². The summed E-state index contributed by atoms with van der Waals surface area (Å²) in [6.07, 6.45) is -1.04. The van der Waals surface area contributed by atoms with Crippen LogP contribution in [0.4, 0.5) is 0 Å². The lowest BCUT2D eigenvalue weighted by Crippen LogP contribution is -2.42. The van der Waals surface area contributed by atoms with Gasteiger partial charge >= 0.3 is 0 Å². The zero-order valence-electron chi connectivity index (χ0n) is 14.8. The van der Waals surface area contributed by atoms with E-state index in [9.17, 15) is 14.6 Å². The lowest BCUT2D eigenvalue weighted by molar-refractivity contribution is 0.176. The predicted molar refractivity (Wildman–Crippen MR) is 108 cm³/mol. The van der Waals surface area contributed by atoms with Crippen molar-refractivity contribution in [3.63, 3.8) is 0 Å². The Bertz CT molecular complexity index is 784. The summed E-state index contributed by atoms with van der Waals surface area (Å²) in [6.45, 7) is 4.08. The number of halogens is 2. The van der Waals surface area contributed by atoms with Crippen LogP contribution in [-0.4, -0.2) is 28.8 Å². The molecule has 0 saturated heterocycles. The normalized spacial score (nSPS) is 15.5. The molecule has 0 spiro atoms. The molecule has 0 amide bonds. The van der Waals surface area contributed by atoms with Crippen LogP contribution >= 0.6 is 30.6 Å². The minimum Gasteiger partial charge on any atom is -0.391 e. The van der Waals surface area contributed by atoms with E-state index in [0.29, 0.717) is 10.0 Å². The molecule has 2 aromatic carbocycles. The number of benzene rings is 2. The van der Waals surface area contributed by atoms with Crippen LogP contribution in [0.2, 0.25) is 10.0 Å². The van der Waals surface area contributed by atoms with Crippen molar-refractivity contribution in [3.8, 4) is 0 Å². The van der Waals surface area contributed by atoms with E-state index in [2.05, 4.69) is 5.32 Å². The van der Waals surface area contributed by atoms with E-state index in [-0.39, 0.29) is 18.9 Å². The first-order valence-corrected chi connectivity index (χ1v) is 11.1. The van der Waals surface area contributed by atoms with Gasteiger partial charge in [-0.3, -0.25) is 4.57 Å². The Morgan fingerprint density at radius 1 is 1.12 bits per heavy atom. The third kappa shape index (κ3) is 6.38. The molecule has 2 rings (SSSR count). The van der Waals surface area contributed by atoms with Gasteiger partial charge in [-0.25, -0.2) is 0 Å². The van der Waals surface area contributed by atoms with Gasteiger partial charge in [-0.1, -0.05) is 59.6 Å². The highest BCUT2D eigenvalue weighted by atomic mass is 35.5. The van der Waals surface area contributed by atoms with E-state index in [1.807, 2.05) is 38.1 Å². The Morgan fingerprint density at radius 2 is 1.77 bits per heavy atom. The van der Waals surface area contributed by atoms with Crippen LogP contribution in [0.25, 0.3) is 0 Å². The summed E-state index contributed by atoms with van der Waals surface area (Å²) in [6, 6.07) is 14.5. The Kier molecular flexibility index (Phi) is 7.32. The first-order valence-electron chi connectivity index (χ1n) is 8.32. The lowest BCUT2D eigenvalue weighted by atomic mass is 9.94. The first kappa shape index (κ1) is 21.4. The van der Waals surface area contributed by atoms with Crippen LogP contribution < -0.4 is 5.32 Å². The molecule has 2 atom stereocenters. The quantitative estimate of drug-likeness (QED) is 0.548. The third-order valence-electron chi connectivity index (χ3n) is 4.19. The Morgan fingerprint density at radius 3 is 2.38 bits per heavy atom. The first-order chi connectivity index (χ1) is 12.1. The van der Waals surface area contributed by atoms with Crippen LogP contribution in [-0.2, 0) is 16.3 Å². The largest absolute Gasteiger partial charge is 0.391 e. The van der Waals surface area contributed by atoms with Gasteiger partial charge in [0.05, 0.1) is 22.3 Å². The van der Waals surface area contributed by atoms with E-state index >= 15 is 0 Å². The van der Waals surface area contributed by atoms with Gasteiger partial charge in [-0.2, -0.15) is 0 Å². The topological polar surface area (TPSA) is 69.6 Å². The van der Waals surface area contributed by atoms with Gasteiger partial charge in [0.1, 0.15) is 0 Å². The molecule has 0 saturated carbocycles. The molecular weight excluding hydrogens is 392 g/mol. The molecule has 3 N–H and O–H groups in total. The minimum absolute atomic E-state index is 0.0566. The maximum absolute atomic E-state index is 12.4. The summed E-state index contributed by atoms with van der Waals surface area (Å²) in [5.74, 6) is 0. The van der Waals surface area contributed by atoms with Crippen molar-refractivity contribution in [2.24, 2.45) is 0 Å². The zero-order chi connectivity index (χ0) is 19.4. The highest BCUT2D eigenvalue weighted by molar-refractivity contribution is 7.57. The molecule has 0 aliphatic carbocycles. The highest BCUT2D eigenvalue weighted by Gasteiger charge is 2.26. The van der Waals surface area contributed by atoms with Crippen molar-refractivity contribution in [3.05, 3.63) is 69.7 Å². The van der Waals surface area contributed by atoms with Gasteiger partial charge in [-0.15, -0.1) is 0 Å². The highest BCUT2D eigenvalue weighted by Crippen LogP contribution is 2.44. The van der Waals surface area contributed by atoms with Gasteiger partial charge in [-0.05, 0) is 37.1 Å². The average molecular weight is 416 g/mol. The number of aliphatic hydroxyl groups is 1. The summed E-state index contributed by atoms with van der Waals surface area (Å²) in [5.41, 5.74) is 1.22. The van der Waals surface area contributed by atoms with Crippen molar-refractivity contribution in [2.75, 3.05) is 12.7 Å². The van der Waals surface area contributed by atoms with Crippen LogP contribution in [0, 0.1) is 0 Å². The summed E-state index contributed by atoms with van der Waals surface area (Å²) in [7, 11) is -3.47. The molecule has 0 aliphatic heterocycles. The van der Waals surface area contributed by atoms with Gasteiger partial charge in [0.2, 0.25) is 7.37 Å². The Hall–Kier alpha value is -0.870. The SMILES string of the molecule is CC(C)(NC[C@H](O)CP(=O)(O)Cc1ccccc1)c1ccc(Cl)c(Cl)c1. The zero-order valence-corrected chi connectivity index (χ0v) is 17.2. The number of hydrogen-bond acceptors (Lipinski definition) is 3. The van der Waals surface area contributed by atoms with E-state index in [4.69, 9.17) is 23.2 Å². The molecule has 142 valence electrons. The molecule has 0 bridgehead atoms. The lowest BCUT2D eigenvalue weighted by Gasteiger charge is -2.29. The van der Waals surface area contributed by atoms with Crippen LogP contribution in [0.5, 0.6) is 0 Å². The molecule has 26 heavy (non-hydrogen) atoms. The molecule has 0 aliphatic rings. The predicted octanol–water partition coefficient (Wildman–Crippen LogP) is 4.65. The summed E-state index contributed by atoms with van der Waals surface area (Å²) in [4.78, 5) is 10.2. The van der Waals surface area contributed by atoms with Crippen LogP contribution in [0.15, 0.2) is 48.5 Å². The standard InChI is InChI=1S/C19H24Cl2NO3P/c1-19(2,15-8-9-17(20)18(21)10-15)22-11-16(23)13-26(24,25)12-14-6-4-3-5-7-14/h3-10,16,22-23H,11-13H2,1-2H3,(H,24,25)/t16-/m0/s1. The van der Waals surface area contributed by atoms with E-state index in [0.717, 1.165) is 11.1 Å². The smallest absolute Gasteiger partial charge is 0.207 e. The number of hydrogen-bond donors (Lipinski definition) is 3. The van der Waals surface area contributed by atoms with E-state index in [1.54, 1.807) is 24.3 Å². The number of rotatable bonds is 8. The molecule has 4 nitrogen and oxygen atoms in total. The van der Waals surface area contributed by atoms with Crippen molar-refractivity contribution in [1.82, 2.24) is 5.32 Å². The molecule has 0 fully saturated rings. The maximum Gasteiger partial charge on any atom is 0.207 e. The second-order valence-electron chi connectivity index (χ2n) is 6.96. The van der Waals surface area contributed by atoms with Crippen molar-refractivity contribution in [1.29, 1.82) is 0 Å². The van der Waals surface area contributed by atoms with Crippen molar-refractivity contribution in [2.45, 2.75) is 31.7 Å². The minimum atomic E-state index is -3.47. The van der Waals surface area contributed by atoms with Gasteiger partial charge in [0, 0.05) is 18.2 Å². The van der Waals surface area contributed by atoms with Crippen LogP contribution in [0.3, 0.4) is 0 Å². The fourth-order valence-corrected chi connectivity index (χ4v) is 4.68. The summed E-state index contributed by atoms with van der Waals surface area (Å²) in [5, 5.41) is 14.4. The second-order valence-corrected chi connectivity index (χ2v) is 10.1. The summed E-state index contributed by atoms with van der Waals surface area (Å²) < 4.78 is 12.4. The Labute approximate surface area is 164 Å². The molecule has 1 unspecified atom stereocenters. The Balaban J connectivity index is 1.93. The average Bonchev–Trinajstić information content (AvgIpc) is 2.55. The van der Waals surface area contributed by atoms with E-state index < -0.39 is 19.0 Å². The van der Waals surface area contributed by atoms with Gasteiger partial charge in [0.15, 0.2) is 0 Å². The van der Waals surface area contributed by atoms with Gasteiger partial charge < -0.3 is 15.3 Å². The fourth-order valence-electron chi connectivity index (χ4n) is 2.69. The van der Waals surface area contributed by atoms with Gasteiger partial charge in [0.25, 0.3) is 0 Å². The van der Waals surface area contributed by atoms with E-state index in [1.165, 1.54) is 0 Å². The van der Waals surface area contributed by atoms with Crippen LogP contribution in [0.1, 0.15) is 25.0 Å². The summed E-state index contributed by atoms with van der Waals surface area (Å²) >= 11 is 12.0. The maximum atomic E-state index is 12.4. The number of aliphatic hydroxyl groups excluding tert-OH is 1. The number of nitrogens with one attached hydrogen (secondary N) is 1. The van der Waals surface area contributed by atoms with Crippen molar-refractivity contribution >= 4 is 30.6 Å².